The van der Waals surface area contributed by atoms with Crippen LogP contribution < -0.4 is 9.47 Å². The van der Waals surface area contributed by atoms with Crippen LogP contribution in [-0.2, 0) is 6.61 Å². The molecule has 2 aromatic heterocycles. The van der Waals surface area contributed by atoms with E-state index in [0.717, 1.165) is 5.56 Å². The molecule has 8 nitrogen and oxygen atoms in total. The molecular formula is C21H16N4O4. The quantitative estimate of drug-likeness (QED) is 0.484. The molecule has 0 saturated heterocycles. The van der Waals surface area contributed by atoms with Crippen LogP contribution in [0.5, 0.6) is 11.5 Å². The summed E-state index contributed by atoms with van der Waals surface area (Å²) in [5, 5.41) is 21.3. The summed E-state index contributed by atoms with van der Waals surface area (Å²) in [7, 11) is 1.51. The van der Waals surface area contributed by atoms with Gasteiger partial charge in [-0.3, -0.25) is 0 Å². The molecule has 0 radical (unpaired) electrons. The Morgan fingerprint density at radius 1 is 1.07 bits per heavy atom. The monoisotopic (exact) mass is 388 g/mol. The summed E-state index contributed by atoms with van der Waals surface area (Å²) < 4.78 is 22.1. The van der Waals surface area contributed by atoms with E-state index in [-0.39, 0.29) is 12.5 Å². The molecule has 0 amide bonds. The molecule has 2 aromatic carbocycles. The van der Waals surface area contributed by atoms with E-state index in [4.69, 9.17) is 23.7 Å². The first-order chi connectivity index (χ1) is 14.2. The molecule has 8 heteroatoms. The highest BCUT2D eigenvalue weighted by Gasteiger charge is 2.22. The molecule has 4 aromatic rings. The largest absolute Gasteiger partial charge is 0.493 e. The van der Waals surface area contributed by atoms with Gasteiger partial charge in [0.1, 0.15) is 17.0 Å². The molecule has 0 unspecified atom stereocenters. The lowest BCUT2D eigenvalue weighted by Crippen LogP contribution is -1.98. The number of benzene rings is 2. The average molecular weight is 388 g/mol. The number of nitriles is 1. The number of hydrogen-bond acceptors (Lipinski definition) is 8. The van der Waals surface area contributed by atoms with Gasteiger partial charge >= 0.3 is 0 Å². The Balaban J connectivity index is 1.56. The lowest BCUT2D eigenvalue weighted by Gasteiger charge is -2.08. The van der Waals surface area contributed by atoms with E-state index < -0.39 is 0 Å². The summed E-state index contributed by atoms with van der Waals surface area (Å²) in [6.07, 6.45) is 0. The second kappa shape index (κ2) is 7.86. The van der Waals surface area contributed by atoms with E-state index in [2.05, 4.69) is 21.4 Å². The van der Waals surface area contributed by atoms with Crippen molar-refractivity contribution in [2.45, 2.75) is 13.5 Å². The standard InChI is InChI=1S/C21H16N4O4/c1-13-19(20(25-29-13)15-6-4-3-5-7-15)21-24-23-18(28-21)12-27-16-9-8-14(11-22)10-17(16)26-2/h3-10H,12H2,1-2H3. The molecule has 0 aliphatic carbocycles. The van der Waals surface area contributed by atoms with Crippen LogP contribution in [0, 0.1) is 18.3 Å². The Hall–Kier alpha value is -4.12. The van der Waals surface area contributed by atoms with Crippen molar-refractivity contribution in [3.8, 4) is 40.3 Å². The predicted molar refractivity (Wildman–Crippen MR) is 102 cm³/mol. The van der Waals surface area contributed by atoms with E-state index in [1.807, 2.05) is 30.3 Å². The summed E-state index contributed by atoms with van der Waals surface area (Å²) >= 11 is 0. The Morgan fingerprint density at radius 3 is 2.66 bits per heavy atom. The second-order valence-corrected chi connectivity index (χ2v) is 6.10. The third-order valence-corrected chi connectivity index (χ3v) is 4.23. The number of ether oxygens (including phenoxy) is 2. The first-order valence-corrected chi connectivity index (χ1v) is 8.75. The van der Waals surface area contributed by atoms with Gasteiger partial charge in [0.25, 0.3) is 11.8 Å². The third kappa shape index (κ3) is 3.66. The van der Waals surface area contributed by atoms with Crippen LogP contribution in [0.3, 0.4) is 0 Å². The number of methoxy groups -OCH3 is 1. The summed E-state index contributed by atoms with van der Waals surface area (Å²) in [4.78, 5) is 0. The van der Waals surface area contributed by atoms with Gasteiger partial charge in [-0.25, -0.2) is 0 Å². The SMILES string of the molecule is COc1cc(C#N)ccc1OCc1nnc(-c2c(-c3ccccc3)noc2C)o1. The van der Waals surface area contributed by atoms with Gasteiger partial charge < -0.3 is 18.4 Å². The van der Waals surface area contributed by atoms with Crippen molar-refractivity contribution in [3.05, 3.63) is 65.7 Å². The minimum absolute atomic E-state index is 0.0419. The van der Waals surface area contributed by atoms with E-state index in [0.29, 0.717) is 40.0 Å². The molecule has 29 heavy (non-hydrogen) atoms. The highest BCUT2D eigenvalue weighted by atomic mass is 16.5. The molecule has 0 fully saturated rings. The van der Waals surface area contributed by atoms with E-state index >= 15 is 0 Å². The zero-order valence-electron chi connectivity index (χ0n) is 15.7. The maximum absolute atomic E-state index is 8.98. The van der Waals surface area contributed by atoms with Crippen molar-refractivity contribution < 1.29 is 18.4 Å². The molecule has 0 atom stereocenters. The van der Waals surface area contributed by atoms with Crippen LogP contribution in [0.15, 0.2) is 57.5 Å². The zero-order valence-corrected chi connectivity index (χ0v) is 15.7. The van der Waals surface area contributed by atoms with Crippen molar-refractivity contribution in [1.29, 1.82) is 5.26 Å². The molecule has 4 rings (SSSR count). The Kier molecular flexibility index (Phi) is 4.95. The van der Waals surface area contributed by atoms with Gasteiger partial charge in [0.2, 0.25) is 0 Å². The fourth-order valence-electron chi connectivity index (χ4n) is 2.83. The van der Waals surface area contributed by atoms with Crippen LogP contribution in [0.2, 0.25) is 0 Å². The summed E-state index contributed by atoms with van der Waals surface area (Å²) in [6, 6.07) is 16.6. The first kappa shape index (κ1) is 18.3. The first-order valence-electron chi connectivity index (χ1n) is 8.75. The van der Waals surface area contributed by atoms with Gasteiger partial charge in [-0.1, -0.05) is 35.5 Å². The highest BCUT2D eigenvalue weighted by molar-refractivity contribution is 5.77. The van der Waals surface area contributed by atoms with Crippen molar-refractivity contribution in [1.82, 2.24) is 15.4 Å². The summed E-state index contributed by atoms with van der Waals surface area (Å²) in [5.41, 5.74) is 2.64. The van der Waals surface area contributed by atoms with E-state index in [1.165, 1.54) is 7.11 Å². The molecule has 0 spiro atoms. The van der Waals surface area contributed by atoms with Gasteiger partial charge in [0.05, 0.1) is 18.7 Å². The lowest BCUT2D eigenvalue weighted by atomic mass is 10.1. The normalized spacial score (nSPS) is 10.5. The average Bonchev–Trinajstić information content (AvgIpc) is 3.38. The molecule has 0 aliphatic rings. The number of hydrogen-bond donors (Lipinski definition) is 0. The van der Waals surface area contributed by atoms with Gasteiger partial charge in [-0.15, -0.1) is 10.2 Å². The van der Waals surface area contributed by atoms with Crippen LogP contribution >= 0.6 is 0 Å². The summed E-state index contributed by atoms with van der Waals surface area (Å²) in [6.45, 7) is 1.83. The molecule has 0 bridgehead atoms. The molecular weight excluding hydrogens is 372 g/mol. The van der Waals surface area contributed by atoms with Gasteiger partial charge in [-0.05, 0) is 19.1 Å². The Bertz CT molecular complexity index is 1180. The fourth-order valence-corrected chi connectivity index (χ4v) is 2.83. The fraction of sp³-hybridized carbons (Fsp3) is 0.143. The van der Waals surface area contributed by atoms with Crippen molar-refractivity contribution >= 4 is 0 Å². The minimum atomic E-state index is 0.0419. The van der Waals surface area contributed by atoms with Crippen LogP contribution in [0.1, 0.15) is 17.2 Å². The summed E-state index contributed by atoms with van der Waals surface area (Å²) in [5.74, 6) is 2.08. The van der Waals surface area contributed by atoms with Crippen LogP contribution in [-0.4, -0.2) is 22.5 Å². The highest BCUT2D eigenvalue weighted by Crippen LogP contribution is 2.34. The molecule has 0 saturated carbocycles. The van der Waals surface area contributed by atoms with Crippen LogP contribution in [0.4, 0.5) is 0 Å². The number of rotatable bonds is 6. The lowest BCUT2D eigenvalue weighted by molar-refractivity contribution is 0.251. The molecule has 0 N–H and O–H groups in total. The minimum Gasteiger partial charge on any atom is -0.493 e. The number of aromatic nitrogens is 3. The molecule has 0 aliphatic heterocycles. The van der Waals surface area contributed by atoms with Gasteiger partial charge in [-0.2, -0.15) is 5.26 Å². The topological polar surface area (TPSA) is 107 Å². The third-order valence-electron chi connectivity index (χ3n) is 4.23. The zero-order chi connectivity index (χ0) is 20.2. The van der Waals surface area contributed by atoms with Crippen molar-refractivity contribution in [2.75, 3.05) is 7.11 Å². The Labute approximate surface area is 166 Å². The van der Waals surface area contributed by atoms with E-state index in [9.17, 15) is 0 Å². The predicted octanol–water partition coefficient (Wildman–Crippen LogP) is 4.16. The second-order valence-electron chi connectivity index (χ2n) is 6.10. The maximum Gasteiger partial charge on any atom is 0.254 e. The van der Waals surface area contributed by atoms with Crippen molar-refractivity contribution in [2.24, 2.45) is 0 Å². The number of nitrogens with zero attached hydrogens (tertiary/aromatic N) is 4. The van der Waals surface area contributed by atoms with Crippen LogP contribution in [0.25, 0.3) is 22.7 Å². The smallest absolute Gasteiger partial charge is 0.254 e. The van der Waals surface area contributed by atoms with E-state index in [1.54, 1.807) is 25.1 Å². The maximum atomic E-state index is 8.98. The Morgan fingerprint density at radius 2 is 1.90 bits per heavy atom. The molecule has 2 heterocycles. The molecule has 144 valence electrons. The number of aryl methyl sites for hydroxylation is 1. The van der Waals surface area contributed by atoms with Gasteiger partial charge in [0, 0.05) is 11.6 Å². The van der Waals surface area contributed by atoms with Crippen molar-refractivity contribution in [3.63, 3.8) is 0 Å². The van der Waals surface area contributed by atoms with Gasteiger partial charge in [0.15, 0.2) is 18.1 Å².